The number of para-hydroxylation sites is 1. The van der Waals surface area contributed by atoms with Gasteiger partial charge in [0, 0.05) is 21.8 Å². The molecule has 1 heterocycles. The third kappa shape index (κ3) is 3.07. The molecule has 1 aliphatic carbocycles. The van der Waals surface area contributed by atoms with Crippen molar-refractivity contribution in [2.45, 2.75) is 6.42 Å². The fourth-order valence-electron chi connectivity index (χ4n) is 4.06. The Morgan fingerprint density at radius 2 is 1.28 bits per heavy atom. The lowest BCUT2D eigenvalue weighted by atomic mass is 10.1. The van der Waals surface area contributed by atoms with Crippen LogP contribution in [0.3, 0.4) is 0 Å². The fourth-order valence-corrected chi connectivity index (χ4v) is 4.06. The summed E-state index contributed by atoms with van der Waals surface area (Å²) in [6, 6.07) is 30.3. The molecule has 1 aromatic heterocycles. The van der Waals surface area contributed by atoms with Crippen molar-refractivity contribution in [1.29, 1.82) is 0 Å². The van der Waals surface area contributed by atoms with Gasteiger partial charge in [-0.25, -0.2) is 4.79 Å². The predicted molar refractivity (Wildman–Crippen MR) is 117 cm³/mol. The van der Waals surface area contributed by atoms with E-state index in [1.807, 2.05) is 24.3 Å². The molecule has 29 heavy (non-hydrogen) atoms. The van der Waals surface area contributed by atoms with Crippen LogP contribution >= 0.6 is 0 Å². The van der Waals surface area contributed by atoms with Crippen molar-refractivity contribution in [3.8, 4) is 11.1 Å². The van der Waals surface area contributed by atoms with E-state index >= 15 is 0 Å². The molecule has 0 bridgehead atoms. The summed E-state index contributed by atoms with van der Waals surface area (Å²) in [5, 5.41) is 11.0. The smallest absolute Gasteiger partial charge is 0.335 e. The van der Waals surface area contributed by atoms with Gasteiger partial charge in [-0.05, 0) is 52.9 Å². The van der Waals surface area contributed by atoms with E-state index < -0.39 is 5.97 Å². The molecule has 4 aromatic carbocycles. The van der Waals surface area contributed by atoms with Gasteiger partial charge in [-0.1, -0.05) is 66.7 Å². The van der Waals surface area contributed by atoms with E-state index in [0.29, 0.717) is 5.56 Å². The molecular formula is C26H19NO2. The van der Waals surface area contributed by atoms with Crippen LogP contribution in [0.2, 0.25) is 0 Å². The van der Waals surface area contributed by atoms with Crippen molar-refractivity contribution in [3.05, 3.63) is 108 Å². The quantitative estimate of drug-likeness (QED) is 0.354. The topological polar surface area (TPSA) is 53.1 Å². The molecule has 0 unspecified atom stereocenters. The van der Waals surface area contributed by atoms with Gasteiger partial charge in [0.25, 0.3) is 0 Å². The first-order valence-electron chi connectivity index (χ1n) is 9.60. The third-order valence-electron chi connectivity index (χ3n) is 5.46. The SMILES string of the molecule is O=C(O)c1ccc2[nH]c3ccccc3c2c1.c1ccc2c(c1)Cc1ccccc1-2. The number of benzene rings is 4. The maximum atomic E-state index is 10.9. The summed E-state index contributed by atoms with van der Waals surface area (Å²) in [7, 11) is 0. The van der Waals surface area contributed by atoms with Crippen LogP contribution < -0.4 is 0 Å². The van der Waals surface area contributed by atoms with Crippen molar-refractivity contribution in [2.24, 2.45) is 0 Å². The van der Waals surface area contributed by atoms with Crippen LogP contribution in [0.25, 0.3) is 32.9 Å². The average Bonchev–Trinajstić information content (AvgIpc) is 3.32. The molecule has 0 atom stereocenters. The molecule has 3 heteroatoms. The lowest BCUT2D eigenvalue weighted by Gasteiger charge is -1.98. The van der Waals surface area contributed by atoms with Gasteiger partial charge in [-0.15, -0.1) is 0 Å². The molecule has 0 saturated heterocycles. The van der Waals surface area contributed by atoms with E-state index in [1.165, 1.54) is 22.3 Å². The summed E-state index contributed by atoms with van der Waals surface area (Å²) < 4.78 is 0. The number of carboxylic acids is 1. The number of carboxylic acid groups (broad SMARTS) is 1. The molecule has 0 amide bonds. The summed E-state index contributed by atoms with van der Waals surface area (Å²) in [6.07, 6.45) is 1.10. The van der Waals surface area contributed by atoms with Crippen molar-refractivity contribution in [2.75, 3.05) is 0 Å². The lowest BCUT2D eigenvalue weighted by molar-refractivity contribution is 0.0697. The van der Waals surface area contributed by atoms with Gasteiger partial charge in [0.15, 0.2) is 0 Å². The minimum Gasteiger partial charge on any atom is -0.478 e. The highest BCUT2D eigenvalue weighted by atomic mass is 16.4. The Balaban J connectivity index is 0.000000128. The molecule has 1 aliphatic rings. The molecule has 0 radical (unpaired) electrons. The summed E-state index contributed by atoms with van der Waals surface area (Å²) in [5.74, 6) is -0.896. The molecule has 0 aliphatic heterocycles. The van der Waals surface area contributed by atoms with Crippen LogP contribution in [0.4, 0.5) is 0 Å². The minimum atomic E-state index is -0.896. The van der Waals surface area contributed by atoms with E-state index in [-0.39, 0.29) is 0 Å². The van der Waals surface area contributed by atoms with Gasteiger partial charge in [-0.2, -0.15) is 0 Å². The summed E-state index contributed by atoms with van der Waals surface area (Å²) in [5.41, 5.74) is 8.06. The van der Waals surface area contributed by atoms with Crippen LogP contribution in [0, 0.1) is 0 Å². The highest BCUT2D eigenvalue weighted by Crippen LogP contribution is 2.35. The van der Waals surface area contributed by atoms with Crippen molar-refractivity contribution in [1.82, 2.24) is 4.98 Å². The Bertz CT molecular complexity index is 1320. The van der Waals surface area contributed by atoms with Gasteiger partial charge in [0.2, 0.25) is 0 Å². The second kappa shape index (κ2) is 6.95. The van der Waals surface area contributed by atoms with Crippen LogP contribution in [0.15, 0.2) is 91.0 Å². The van der Waals surface area contributed by atoms with Crippen molar-refractivity contribution in [3.63, 3.8) is 0 Å². The summed E-state index contributed by atoms with van der Waals surface area (Å²) >= 11 is 0. The third-order valence-corrected chi connectivity index (χ3v) is 5.46. The first-order chi connectivity index (χ1) is 14.2. The second-order valence-corrected chi connectivity index (χ2v) is 7.23. The molecule has 6 rings (SSSR count). The highest BCUT2D eigenvalue weighted by Gasteiger charge is 2.15. The molecule has 140 valence electrons. The summed E-state index contributed by atoms with van der Waals surface area (Å²) in [4.78, 5) is 14.1. The van der Waals surface area contributed by atoms with Gasteiger partial charge in [0.1, 0.15) is 0 Å². The molecule has 0 fully saturated rings. The molecule has 3 nitrogen and oxygen atoms in total. The zero-order valence-corrected chi connectivity index (χ0v) is 15.7. The maximum Gasteiger partial charge on any atom is 0.335 e. The highest BCUT2D eigenvalue weighted by molar-refractivity contribution is 6.09. The van der Waals surface area contributed by atoms with Crippen molar-refractivity contribution >= 4 is 27.8 Å². The Morgan fingerprint density at radius 1 is 0.690 bits per heavy atom. The number of aromatic amines is 1. The Hall–Kier alpha value is -3.85. The Labute approximate surface area is 168 Å². The normalized spacial score (nSPS) is 11.6. The van der Waals surface area contributed by atoms with Crippen LogP contribution in [0.5, 0.6) is 0 Å². The van der Waals surface area contributed by atoms with Crippen LogP contribution in [-0.4, -0.2) is 16.1 Å². The first kappa shape index (κ1) is 17.3. The van der Waals surface area contributed by atoms with E-state index in [4.69, 9.17) is 5.11 Å². The van der Waals surface area contributed by atoms with Crippen molar-refractivity contribution < 1.29 is 9.90 Å². The first-order valence-corrected chi connectivity index (χ1v) is 9.60. The number of hydrogen-bond donors (Lipinski definition) is 2. The molecular weight excluding hydrogens is 358 g/mol. The van der Waals surface area contributed by atoms with E-state index in [9.17, 15) is 4.79 Å². The zero-order chi connectivity index (χ0) is 19.8. The van der Waals surface area contributed by atoms with Gasteiger partial charge < -0.3 is 10.1 Å². The van der Waals surface area contributed by atoms with E-state index in [1.54, 1.807) is 18.2 Å². The van der Waals surface area contributed by atoms with Gasteiger partial charge in [0.05, 0.1) is 5.56 Å². The average molecular weight is 377 g/mol. The number of aromatic nitrogens is 1. The van der Waals surface area contributed by atoms with Gasteiger partial charge >= 0.3 is 5.97 Å². The second-order valence-electron chi connectivity index (χ2n) is 7.23. The minimum absolute atomic E-state index is 0.317. The van der Waals surface area contributed by atoms with E-state index in [2.05, 4.69) is 53.5 Å². The summed E-state index contributed by atoms with van der Waals surface area (Å²) in [6.45, 7) is 0. The Kier molecular flexibility index (Phi) is 4.14. The number of H-pyrrole nitrogens is 1. The maximum absolute atomic E-state index is 10.9. The number of aromatic carboxylic acids is 1. The largest absolute Gasteiger partial charge is 0.478 e. The number of nitrogens with one attached hydrogen (secondary N) is 1. The molecule has 5 aromatic rings. The molecule has 0 spiro atoms. The molecule has 2 N–H and O–H groups in total. The van der Waals surface area contributed by atoms with Crippen LogP contribution in [0.1, 0.15) is 21.5 Å². The monoisotopic (exact) mass is 377 g/mol. The zero-order valence-electron chi connectivity index (χ0n) is 15.7. The number of rotatable bonds is 1. The number of fused-ring (bicyclic) bond motifs is 6. The Morgan fingerprint density at radius 3 is 1.97 bits per heavy atom. The number of hydrogen-bond acceptors (Lipinski definition) is 1. The van der Waals surface area contributed by atoms with Crippen LogP contribution in [-0.2, 0) is 6.42 Å². The lowest BCUT2D eigenvalue weighted by Crippen LogP contribution is -1.94. The number of carbonyl (C=O) groups is 1. The predicted octanol–water partition coefficient (Wildman–Crippen LogP) is 6.28. The fraction of sp³-hybridized carbons (Fsp3) is 0.0385. The standard InChI is InChI=1S/C13H9NO2.C13H10/c15-13(16)8-5-6-12-10(7-8)9-3-1-2-4-11(9)14-12;1-3-7-12-10(5-1)9-11-6-2-4-8-13(11)12/h1-7,14H,(H,15,16);1-8H,9H2. The van der Waals surface area contributed by atoms with Gasteiger partial charge in [-0.3, -0.25) is 0 Å². The molecule has 0 saturated carbocycles. The van der Waals surface area contributed by atoms with E-state index in [0.717, 1.165) is 28.2 Å².